The van der Waals surface area contributed by atoms with Gasteiger partial charge in [-0.25, -0.2) is 15.0 Å². The van der Waals surface area contributed by atoms with Gasteiger partial charge in [-0.15, -0.1) is 0 Å². The van der Waals surface area contributed by atoms with Crippen LogP contribution in [0.25, 0.3) is 11.4 Å². The molecule has 1 saturated heterocycles. The maximum atomic E-state index is 12.2. The Labute approximate surface area is 157 Å². The summed E-state index contributed by atoms with van der Waals surface area (Å²) in [6.45, 7) is 4.61. The van der Waals surface area contributed by atoms with Crippen molar-refractivity contribution in [2.75, 3.05) is 13.1 Å². The van der Waals surface area contributed by atoms with E-state index in [1.807, 2.05) is 31.5 Å². The molecule has 4 rings (SSSR count). The molecule has 4 heterocycles. The first-order valence-corrected chi connectivity index (χ1v) is 9.19. The molecule has 0 saturated carbocycles. The van der Waals surface area contributed by atoms with E-state index in [0.717, 1.165) is 55.1 Å². The lowest BCUT2D eigenvalue weighted by molar-refractivity contribution is 0.198. The molecule has 0 amide bonds. The van der Waals surface area contributed by atoms with Crippen LogP contribution in [0.5, 0.6) is 0 Å². The standard InChI is InChI=1S/C20H22N6O/c1-14-22-10-15(11-23-14)12-26-8-2-3-17(13-26)18-9-19(27)25-20(24-18)16-4-6-21-7-5-16/h4-7,9-11,17H,2-3,8,12-13H2,1H3,(H,24,25,27)/t17-/m0/s1. The summed E-state index contributed by atoms with van der Waals surface area (Å²) in [6, 6.07) is 5.34. The highest BCUT2D eigenvalue weighted by Crippen LogP contribution is 2.27. The van der Waals surface area contributed by atoms with Gasteiger partial charge in [0.1, 0.15) is 11.6 Å². The third-order valence-corrected chi connectivity index (χ3v) is 4.88. The van der Waals surface area contributed by atoms with Crippen molar-refractivity contribution in [2.24, 2.45) is 0 Å². The van der Waals surface area contributed by atoms with E-state index in [2.05, 4.69) is 24.8 Å². The van der Waals surface area contributed by atoms with Crippen LogP contribution in [0.3, 0.4) is 0 Å². The molecule has 7 nitrogen and oxygen atoms in total. The van der Waals surface area contributed by atoms with E-state index in [1.165, 1.54) is 0 Å². The summed E-state index contributed by atoms with van der Waals surface area (Å²) in [5.41, 5.74) is 2.72. The minimum atomic E-state index is -0.115. The molecule has 0 spiro atoms. The lowest BCUT2D eigenvalue weighted by Crippen LogP contribution is -2.34. The number of pyridine rings is 1. The molecule has 1 aliphatic heterocycles. The van der Waals surface area contributed by atoms with E-state index in [1.54, 1.807) is 18.5 Å². The number of rotatable bonds is 4. The zero-order chi connectivity index (χ0) is 18.6. The van der Waals surface area contributed by atoms with Crippen LogP contribution in [0.4, 0.5) is 0 Å². The topological polar surface area (TPSA) is 87.7 Å². The smallest absolute Gasteiger partial charge is 0.251 e. The number of aromatic nitrogens is 5. The minimum absolute atomic E-state index is 0.115. The third-order valence-electron chi connectivity index (χ3n) is 4.88. The molecular formula is C20H22N6O. The Hall–Kier alpha value is -2.93. The molecule has 0 unspecified atom stereocenters. The van der Waals surface area contributed by atoms with Gasteiger partial charge in [0.2, 0.25) is 0 Å². The van der Waals surface area contributed by atoms with Crippen LogP contribution in [0.15, 0.2) is 47.8 Å². The van der Waals surface area contributed by atoms with Crippen LogP contribution in [-0.2, 0) is 6.54 Å². The van der Waals surface area contributed by atoms with Gasteiger partial charge < -0.3 is 4.98 Å². The summed E-state index contributed by atoms with van der Waals surface area (Å²) in [7, 11) is 0. The van der Waals surface area contributed by atoms with Gasteiger partial charge in [-0.2, -0.15) is 0 Å². The molecule has 27 heavy (non-hydrogen) atoms. The van der Waals surface area contributed by atoms with E-state index in [0.29, 0.717) is 5.82 Å². The highest BCUT2D eigenvalue weighted by Gasteiger charge is 2.23. The summed E-state index contributed by atoms with van der Waals surface area (Å²) in [6.07, 6.45) is 9.30. The van der Waals surface area contributed by atoms with Gasteiger partial charge in [0.25, 0.3) is 5.56 Å². The number of nitrogens with zero attached hydrogens (tertiary/aromatic N) is 5. The summed E-state index contributed by atoms with van der Waals surface area (Å²) in [5.74, 6) is 1.63. The molecule has 1 fully saturated rings. The predicted octanol–water partition coefficient (Wildman–Crippen LogP) is 2.31. The van der Waals surface area contributed by atoms with E-state index in [9.17, 15) is 4.79 Å². The second-order valence-electron chi connectivity index (χ2n) is 6.97. The van der Waals surface area contributed by atoms with Crippen molar-refractivity contribution < 1.29 is 0 Å². The van der Waals surface area contributed by atoms with Crippen LogP contribution >= 0.6 is 0 Å². The Bertz CT molecular complexity index is 954. The first-order valence-electron chi connectivity index (χ1n) is 9.19. The Morgan fingerprint density at radius 2 is 2.00 bits per heavy atom. The summed E-state index contributed by atoms with van der Waals surface area (Å²) < 4.78 is 0. The molecule has 1 aliphatic rings. The molecule has 0 aromatic carbocycles. The van der Waals surface area contributed by atoms with Crippen molar-refractivity contribution >= 4 is 0 Å². The highest BCUT2D eigenvalue weighted by molar-refractivity contribution is 5.53. The minimum Gasteiger partial charge on any atom is -0.307 e. The lowest BCUT2D eigenvalue weighted by Gasteiger charge is -2.32. The Morgan fingerprint density at radius 1 is 1.22 bits per heavy atom. The molecule has 1 atom stereocenters. The SMILES string of the molecule is Cc1ncc(CN2CCC[C@H](c3cc(=O)[nH]c(-c4ccncc4)n3)C2)cn1. The quantitative estimate of drug-likeness (QED) is 0.766. The molecule has 0 radical (unpaired) electrons. The Balaban J connectivity index is 1.53. The maximum Gasteiger partial charge on any atom is 0.251 e. The second kappa shape index (κ2) is 7.75. The molecule has 7 heteroatoms. The number of hydrogen-bond acceptors (Lipinski definition) is 6. The average Bonchev–Trinajstić information content (AvgIpc) is 2.70. The largest absolute Gasteiger partial charge is 0.307 e. The number of piperidine rings is 1. The molecule has 3 aromatic heterocycles. The van der Waals surface area contributed by atoms with Crippen molar-refractivity contribution in [1.82, 2.24) is 29.8 Å². The van der Waals surface area contributed by atoms with Crippen molar-refractivity contribution in [2.45, 2.75) is 32.2 Å². The molecular weight excluding hydrogens is 340 g/mol. The van der Waals surface area contributed by atoms with Crippen molar-refractivity contribution in [3.05, 3.63) is 70.4 Å². The molecule has 0 bridgehead atoms. The normalized spacial score (nSPS) is 17.7. The maximum absolute atomic E-state index is 12.2. The zero-order valence-corrected chi connectivity index (χ0v) is 15.3. The fourth-order valence-electron chi connectivity index (χ4n) is 3.53. The van der Waals surface area contributed by atoms with Gasteiger partial charge in [0.05, 0.1) is 5.69 Å². The molecule has 3 aromatic rings. The van der Waals surface area contributed by atoms with Crippen LogP contribution in [0.2, 0.25) is 0 Å². The van der Waals surface area contributed by atoms with Crippen molar-refractivity contribution in [3.8, 4) is 11.4 Å². The number of H-pyrrole nitrogens is 1. The highest BCUT2D eigenvalue weighted by atomic mass is 16.1. The van der Waals surface area contributed by atoms with E-state index in [-0.39, 0.29) is 11.5 Å². The summed E-state index contributed by atoms with van der Waals surface area (Å²) in [4.78, 5) is 34.7. The lowest BCUT2D eigenvalue weighted by atomic mass is 9.94. The summed E-state index contributed by atoms with van der Waals surface area (Å²) >= 11 is 0. The van der Waals surface area contributed by atoms with Crippen LogP contribution in [-0.4, -0.2) is 42.9 Å². The van der Waals surface area contributed by atoms with Crippen molar-refractivity contribution in [1.29, 1.82) is 0 Å². The van der Waals surface area contributed by atoms with E-state index < -0.39 is 0 Å². The Kier molecular flexibility index (Phi) is 5.02. The predicted molar refractivity (Wildman–Crippen MR) is 102 cm³/mol. The fraction of sp³-hybridized carbons (Fsp3) is 0.350. The van der Waals surface area contributed by atoms with Gasteiger partial charge in [-0.3, -0.25) is 14.7 Å². The molecule has 0 aliphatic carbocycles. The first-order chi connectivity index (χ1) is 13.2. The Morgan fingerprint density at radius 3 is 2.78 bits per heavy atom. The molecule has 138 valence electrons. The molecule has 1 N–H and O–H groups in total. The van der Waals surface area contributed by atoms with Gasteiger partial charge in [-0.1, -0.05) is 0 Å². The van der Waals surface area contributed by atoms with E-state index in [4.69, 9.17) is 4.98 Å². The number of aromatic amines is 1. The van der Waals surface area contributed by atoms with Crippen LogP contribution < -0.4 is 5.56 Å². The summed E-state index contributed by atoms with van der Waals surface area (Å²) in [5, 5.41) is 0. The average molecular weight is 362 g/mol. The number of likely N-dealkylation sites (tertiary alicyclic amines) is 1. The van der Waals surface area contributed by atoms with Gasteiger partial charge in [0, 0.05) is 61.0 Å². The number of hydrogen-bond donors (Lipinski definition) is 1. The second-order valence-corrected chi connectivity index (χ2v) is 6.97. The fourth-order valence-corrected chi connectivity index (χ4v) is 3.53. The van der Waals surface area contributed by atoms with Crippen molar-refractivity contribution in [3.63, 3.8) is 0 Å². The van der Waals surface area contributed by atoms with Crippen LogP contribution in [0, 0.1) is 6.92 Å². The van der Waals surface area contributed by atoms with Crippen LogP contribution in [0.1, 0.15) is 35.8 Å². The van der Waals surface area contributed by atoms with E-state index >= 15 is 0 Å². The first kappa shape index (κ1) is 17.5. The number of nitrogens with one attached hydrogen (secondary N) is 1. The van der Waals surface area contributed by atoms with Gasteiger partial charge >= 0.3 is 0 Å². The third kappa shape index (κ3) is 4.25. The zero-order valence-electron chi connectivity index (χ0n) is 15.3. The monoisotopic (exact) mass is 362 g/mol. The van der Waals surface area contributed by atoms with Gasteiger partial charge in [-0.05, 0) is 38.4 Å². The number of aryl methyl sites for hydroxylation is 1. The van der Waals surface area contributed by atoms with Gasteiger partial charge in [0.15, 0.2) is 0 Å².